The van der Waals surface area contributed by atoms with Crippen LogP contribution in [0.15, 0.2) is 85.1 Å². The molecule has 0 saturated carbocycles. The van der Waals surface area contributed by atoms with E-state index in [2.05, 4.69) is 21.4 Å². The van der Waals surface area contributed by atoms with E-state index in [0.29, 0.717) is 24.6 Å². The molecule has 0 spiro atoms. The number of amides is 1. The summed E-state index contributed by atoms with van der Waals surface area (Å²) >= 11 is 0. The van der Waals surface area contributed by atoms with Crippen LogP contribution < -0.4 is 11.1 Å². The lowest BCUT2D eigenvalue weighted by Crippen LogP contribution is -2.38. The van der Waals surface area contributed by atoms with Crippen molar-refractivity contribution in [3.8, 4) is 0 Å². The third-order valence-corrected chi connectivity index (χ3v) is 5.15. The normalized spacial score (nSPS) is 11.9. The predicted octanol–water partition coefficient (Wildman–Crippen LogP) is 3.70. The molecule has 31 heavy (non-hydrogen) atoms. The summed E-state index contributed by atoms with van der Waals surface area (Å²) in [6.07, 6.45) is 1.71. The van der Waals surface area contributed by atoms with E-state index in [9.17, 15) is 4.79 Å². The zero-order valence-corrected chi connectivity index (χ0v) is 17.4. The number of hydrogen-bond donors (Lipinski definition) is 2. The minimum Gasteiger partial charge on any atom is -0.384 e. The molecule has 0 bridgehead atoms. The van der Waals surface area contributed by atoms with Gasteiger partial charge in [-0.15, -0.1) is 0 Å². The number of hydrogen-bond acceptors (Lipinski definition) is 5. The molecule has 1 atom stereocenters. The molecule has 0 aliphatic rings. The third kappa shape index (κ3) is 5.05. The minimum atomic E-state index is -0.546. The van der Waals surface area contributed by atoms with Gasteiger partial charge in [-0.25, -0.2) is 4.98 Å². The standard InChI is InChI=1S/C25H25N5O/c1-30(17-18-7-3-2-4-8-18)25(31)24(22-9-5-6-14-27-22)28-16-19-10-12-21-20(15-19)11-13-23(26)29-21/h2-15,24,28H,16-17H2,1H3,(H2,26,29). The van der Waals surface area contributed by atoms with Crippen LogP contribution in [0.25, 0.3) is 10.9 Å². The van der Waals surface area contributed by atoms with E-state index in [1.54, 1.807) is 17.2 Å². The highest BCUT2D eigenvalue weighted by molar-refractivity contribution is 5.83. The molecule has 0 radical (unpaired) electrons. The second kappa shape index (κ2) is 9.36. The van der Waals surface area contributed by atoms with Gasteiger partial charge in [0.2, 0.25) is 5.91 Å². The van der Waals surface area contributed by atoms with E-state index in [4.69, 9.17) is 5.73 Å². The second-order valence-electron chi connectivity index (χ2n) is 7.51. The first-order valence-electron chi connectivity index (χ1n) is 10.2. The maximum Gasteiger partial charge on any atom is 0.245 e. The lowest BCUT2D eigenvalue weighted by Gasteiger charge is -2.24. The number of nitrogen functional groups attached to an aromatic ring is 1. The van der Waals surface area contributed by atoms with E-state index < -0.39 is 6.04 Å². The van der Waals surface area contributed by atoms with Gasteiger partial charge in [-0.1, -0.05) is 42.5 Å². The van der Waals surface area contributed by atoms with Gasteiger partial charge in [-0.2, -0.15) is 0 Å². The molecule has 0 aliphatic carbocycles. The SMILES string of the molecule is CN(Cc1ccccc1)C(=O)C(NCc1ccc2nc(N)ccc2c1)c1ccccn1. The Labute approximate surface area is 181 Å². The van der Waals surface area contributed by atoms with Crippen LogP contribution in [0.4, 0.5) is 5.82 Å². The molecule has 6 nitrogen and oxygen atoms in total. The molecule has 1 amide bonds. The summed E-state index contributed by atoms with van der Waals surface area (Å²) in [6.45, 7) is 1.06. The van der Waals surface area contributed by atoms with Crippen molar-refractivity contribution in [3.05, 3.63) is 102 Å². The van der Waals surface area contributed by atoms with Crippen LogP contribution in [-0.4, -0.2) is 27.8 Å². The van der Waals surface area contributed by atoms with Crippen LogP contribution in [0.3, 0.4) is 0 Å². The molecule has 4 rings (SSSR count). The van der Waals surface area contributed by atoms with Crippen LogP contribution >= 0.6 is 0 Å². The fourth-order valence-electron chi connectivity index (χ4n) is 3.54. The lowest BCUT2D eigenvalue weighted by molar-refractivity contribution is -0.133. The van der Waals surface area contributed by atoms with Crippen LogP contribution in [0.2, 0.25) is 0 Å². The lowest BCUT2D eigenvalue weighted by atomic mass is 10.1. The van der Waals surface area contributed by atoms with Gasteiger partial charge >= 0.3 is 0 Å². The van der Waals surface area contributed by atoms with E-state index in [1.807, 2.05) is 73.8 Å². The number of nitrogens with zero attached hydrogens (tertiary/aromatic N) is 3. The summed E-state index contributed by atoms with van der Waals surface area (Å²) < 4.78 is 0. The Kier molecular flexibility index (Phi) is 6.19. The molecule has 6 heteroatoms. The van der Waals surface area contributed by atoms with Crippen molar-refractivity contribution < 1.29 is 4.79 Å². The Morgan fingerprint density at radius 2 is 1.81 bits per heavy atom. The molecule has 3 N–H and O–H groups in total. The van der Waals surface area contributed by atoms with Gasteiger partial charge < -0.3 is 10.6 Å². The number of likely N-dealkylation sites (N-methyl/N-ethyl adjacent to an activating group) is 1. The highest BCUT2D eigenvalue weighted by Crippen LogP contribution is 2.19. The van der Waals surface area contributed by atoms with Gasteiger partial charge in [-0.3, -0.25) is 15.1 Å². The Balaban J connectivity index is 1.52. The first-order valence-corrected chi connectivity index (χ1v) is 10.2. The molecule has 4 aromatic rings. The zero-order chi connectivity index (χ0) is 21.6. The summed E-state index contributed by atoms with van der Waals surface area (Å²) in [4.78, 5) is 23.8. The predicted molar refractivity (Wildman–Crippen MR) is 123 cm³/mol. The molecule has 2 aromatic carbocycles. The van der Waals surface area contributed by atoms with Gasteiger partial charge in [0, 0.05) is 31.7 Å². The third-order valence-electron chi connectivity index (χ3n) is 5.15. The van der Waals surface area contributed by atoms with Crippen molar-refractivity contribution in [1.82, 2.24) is 20.2 Å². The zero-order valence-electron chi connectivity index (χ0n) is 17.4. The molecule has 0 fully saturated rings. The van der Waals surface area contributed by atoms with Crippen LogP contribution in [0.5, 0.6) is 0 Å². The maximum absolute atomic E-state index is 13.3. The summed E-state index contributed by atoms with van der Waals surface area (Å²) in [5, 5.41) is 4.41. The molecule has 2 aromatic heterocycles. The number of aromatic nitrogens is 2. The smallest absolute Gasteiger partial charge is 0.245 e. The number of fused-ring (bicyclic) bond motifs is 1. The minimum absolute atomic E-state index is 0.0298. The summed E-state index contributed by atoms with van der Waals surface area (Å²) in [7, 11) is 1.82. The molecular formula is C25H25N5O. The van der Waals surface area contributed by atoms with Crippen molar-refractivity contribution >= 4 is 22.6 Å². The number of nitrogens with two attached hydrogens (primary N) is 1. The number of nitrogens with one attached hydrogen (secondary N) is 1. The van der Waals surface area contributed by atoms with Crippen LogP contribution in [-0.2, 0) is 17.9 Å². The number of anilines is 1. The van der Waals surface area contributed by atoms with Crippen molar-refractivity contribution in [2.45, 2.75) is 19.1 Å². The quantitative estimate of drug-likeness (QED) is 0.484. The average Bonchev–Trinajstić information content (AvgIpc) is 2.80. The van der Waals surface area contributed by atoms with Crippen LogP contribution in [0.1, 0.15) is 22.9 Å². The number of benzene rings is 2. The number of carbonyl (C=O) groups excluding carboxylic acids is 1. The second-order valence-corrected chi connectivity index (χ2v) is 7.51. The number of rotatable bonds is 7. The Bertz CT molecular complexity index is 1160. The van der Waals surface area contributed by atoms with Crippen molar-refractivity contribution in [3.63, 3.8) is 0 Å². The Hall–Kier alpha value is -3.77. The Morgan fingerprint density at radius 3 is 2.58 bits per heavy atom. The van der Waals surface area contributed by atoms with Gasteiger partial charge in [0.05, 0.1) is 11.2 Å². The largest absolute Gasteiger partial charge is 0.384 e. The number of pyridine rings is 2. The molecular weight excluding hydrogens is 386 g/mol. The van der Waals surface area contributed by atoms with E-state index in [1.165, 1.54) is 0 Å². The molecule has 156 valence electrons. The van der Waals surface area contributed by atoms with Crippen molar-refractivity contribution in [2.75, 3.05) is 12.8 Å². The highest BCUT2D eigenvalue weighted by Gasteiger charge is 2.24. The summed E-state index contributed by atoms with van der Waals surface area (Å²) in [6, 6.07) is 24.8. The van der Waals surface area contributed by atoms with Gasteiger partial charge in [0.25, 0.3) is 0 Å². The average molecular weight is 412 g/mol. The maximum atomic E-state index is 13.3. The van der Waals surface area contributed by atoms with E-state index >= 15 is 0 Å². The van der Waals surface area contributed by atoms with Gasteiger partial charge in [0.1, 0.15) is 11.9 Å². The summed E-state index contributed by atoms with van der Waals surface area (Å²) in [5.41, 5.74) is 9.45. The molecule has 0 aliphatic heterocycles. The Morgan fingerprint density at radius 1 is 1.00 bits per heavy atom. The first-order chi connectivity index (χ1) is 15.1. The molecule has 1 unspecified atom stereocenters. The first kappa shape index (κ1) is 20.5. The van der Waals surface area contributed by atoms with Gasteiger partial charge in [0.15, 0.2) is 0 Å². The molecule has 0 saturated heterocycles. The topological polar surface area (TPSA) is 84.1 Å². The van der Waals surface area contributed by atoms with Crippen LogP contribution in [0, 0.1) is 0 Å². The highest BCUT2D eigenvalue weighted by atomic mass is 16.2. The van der Waals surface area contributed by atoms with Gasteiger partial charge in [-0.05, 0) is 47.5 Å². The monoisotopic (exact) mass is 411 g/mol. The van der Waals surface area contributed by atoms with E-state index in [0.717, 1.165) is 22.0 Å². The fourth-order valence-corrected chi connectivity index (χ4v) is 3.54. The molecule has 2 heterocycles. The van der Waals surface area contributed by atoms with Crippen molar-refractivity contribution in [2.24, 2.45) is 0 Å². The van der Waals surface area contributed by atoms with Crippen molar-refractivity contribution in [1.29, 1.82) is 0 Å². The summed E-state index contributed by atoms with van der Waals surface area (Å²) in [5.74, 6) is 0.471. The fraction of sp³-hybridized carbons (Fsp3) is 0.160. The van der Waals surface area contributed by atoms with E-state index in [-0.39, 0.29) is 5.91 Å². The number of carbonyl (C=O) groups is 1.